The molecule has 5 saturated carbocycles. The molecule has 1 atom stereocenters. The van der Waals surface area contributed by atoms with E-state index in [4.69, 9.17) is 14.0 Å². The lowest BCUT2D eigenvalue weighted by molar-refractivity contribution is 0.0283. The first-order valence-electron chi connectivity index (χ1n) is 15.9. The highest BCUT2D eigenvalue weighted by atomic mass is 16.5. The molecule has 0 radical (unpaired) electrons. The molecule has 6 aliphatic rings. The van der Waals surface area contributed by atoms with Gasteiger partial charge in [0.15, 0.2) is 11.6 Å². The van der Waals surface area contributed by atoms with Gasteiger partial charge in [0.2, 0.25) is 5.89 Å². The van der Waals surface area contributed by atoms with Crippen LogP contribution in [0.25, 0.3) is 11.5 Å². The second-order valence-electron chi connectivity index (χ2n) is 14.0. The summed E-state index contributed by atoms with van der Waals surface area (Å²) < 4.78 is 11.5. The lowest BCUT2D eigenvalue weighted by atomic mass is 9.53. The van der Waals surface area contributed by atoms with Gasteiger partial charge in [-0.05, 0) is 108 Å². The van der Waals surface area contributed by atoms with Gasteiger partial charge in [-0.1, -0.05) is 16.4 Å². The van der Waals surface area contributed by atoms with Crippen molar-refractivity contribution in [2.45, 2.75) is 93.9 Å². The van der Waals surface area contributed by atoms with Crippen LogP contribution >= 0.6 is 0 Å². The number of amides is 2. The van der Waals surface area contributed by atoms with Crippen molar-refractivity contribution in [1.82, 2.24) is 30.1 Å². The first-order chi connectivity index (χ1) is 20.4. The van der Waals surface area contributed by atoms with Crippen LogP contribution in [-0.4, -0.2) is 75.9 Å². The molecule has 1 aromatic carbocycles. The van der Waals surface area contributed by atoms with Crippen molar-refractivity contribution in [2.75, 3.05) is 38.6 Å². The molecule has 3 aromatic rings. The highest BCUT2D eigenvalue weighted by molar-refractivity contribution is 5.93. The Morgan fingerprint density at radius 1 is 0.929 bits per heavy atom. The molecule has 2 bridgehead atoms. The Balaban J connectivity index is 1.06. The average Bonchev–Trinajstić information content (AvgIpc) is 3.88. The molecule has 10 nitrogen and oxygen atoms in total. The van der Waals surface area contributed by atoms with E-state index < -0.39 is 0 Å². The van der Waals surface area contributed by atoms with Crippen LogP contribution in [0.15, 0.2) is 33.3 Å². The fraction of sp³-hybridized carbons (Fsp3) is 0.656. The number of fused-ring (bicyclic) bond motifs is 3. The number of benzene rings is 1. The third kappa shape index (κ3) is 4.71. The SMILES string of the molecule is CN(C)C1CCN(C(=O)N(CC23CCC(c4nc(C5CC5)no4)(CC2)CC3)c2cccc(-c3nc(C4CC4)no3)c2)C1. The fourth-order valence-corrected chi connectivity index (χ4v) is 7.56. The van der Waals surface area contributed by atoms with Gasteiger partial charge in [0.1, 0.15) is 0 Å². The van der Waals surface area contributed by atoms with Gasteiger partial charge < -0.3 is 18.8 Å². The summed E-state index contributed by atoms with van der Waals surface area (Å²) >= 11 is 0. The smallest absolute Gasteiger partial charge is 0.324 e. The predicted molar refractivity (Wildman–Crippen MR) is 156 cm³/mol. The van der Waals surface area contributed by atoms with Crippen molar-refractivity contribution in [3.05, 3.63) is 41.8 Å². The Morgan fingerprint density at radius 2 is 1.62 bits per heavy atom. The zero-order valence-electron chi connectivity index (χ0n) is 24.8. The van der Waals surface area contributed by atoms with E-state index in [9.17, 15) is 4.79 Å². The van der Waals surface area contributed by atoms with E-state index in [2.05, 4.69) is 51.3 Å². The van der Waals surface area contributed by atoms with Crippen LogP contribution in [0.3, 0.4) is 0 Å². The van der Waals surface area contributed by atoms with Crippen LogP contribution in [-0.2, 0) is 5.41 Å². The van der Waals surface area contributed by atoms with Crippen LogP contribution in [0.2, 0.25) is 0 Å². The number of nitrogens with zero attached hydrogens (tertiary/aromatic N) is 7. The van der Waals surface area contributed by atoms with Gasteiger partial charge in [0.05, 0.1) is 0 Å². The number of hydrogen-bond donors (Lipinski definition) is 0. The summed E-state index contributed by atoms with van der Waals surface area (Å²) in [6.45, 7) is 2.25. The highest BCUT2D eigenvalue weighted by Gasteiger charge is 2.53. The molecule has 0 spiro atoms. The number of carbonyl (C=O) groups excluding carboxylic acids is 1. The molecule has 10 heteroatoms. The van der Waals surface area contributed by atoms with E-state index in [1.807, 2.05) is 17.0 Å². The predicted octanol–water partition coefficient (Wildman–Crippen LogP) is 5.73. The summed E-state index contributed by atoms with van der Waals surface area (Å²) in [6.07, 6.45) is 11.9. The number of aromatic nitrogens is 4. The summed E-state index contributed by atoms with van der Waals surface area (Å²) in [7, 11) is 4.21. The molecule has 2 amide bonds. The fourth-order valence-electron chi connectivity index (χ4n) is 7.56. The topological polar surface area (TPSA) is 105 Å². The molecule has 2 aromatic heterocycles. The Labute approximate surface area is 246 Å². The molecule has 5 aliphatic carbocycles. The van der Waals surface area contributed by atoms with Gasteiger partial charge in [-0.2, -0.15) is 9.97 Å². The Morgan fingerprint density at radius 3 is 2.29 bits per heavy atom. The Bertz CT molecular complexity index is 1450. The maximum atomic E-state index is 14.3. The number of hydrogen-bond acceptors (Lipinski definition) is 8. The van der Waals surface area contributed by atoms with E-state index in [-0.39, 0.29) is 16.9 Å². The van der Waals surface area contributed by atoms with Gasteiger partial charge in [0, 0.05) is 54.2 Å². The monoisotopic (exact) mass is 571 g/mol. The quantitative estimate of drug-likeness (QED) is 0.338. The molecule has 1 unspecified atom stereocenters. The molecule has 3 heterocycles. The molecular weight excluding hydrogens is 530 g/mol. The molecular formula is C32H41N7O3. The lowest BCUT2D eigenvalue weighted by Crippen LogP contribution is -2.53. The lowest BCUT2D eigenvalue weighted by Gasteiger charge is -2.53. The second kappa shape index (κ2) is 9.89. The minimum atomic E-state index is 0.00174. The summed E-state index contributed by atoms with van der Waals surface area (Å²) in [4.78, 5) is 30.2. The van der Waals surface area contributed by atoms with E-state index in [0.717, 1.165) is 99.7 Å². The van der Waals surface area contributed by atoms with Crippen molar-refractivity contribution in [3.8, 4) is 11.5 Å². The molecule has 42 heavy (non-hydrogen) atoms. The van der Waals surface area contributed by atoms with Crippen molar-refractivity contribution in [1.29, 1.82) is 0 Å². The van der Waals surface area contributed by atoms with Crippen molar-refractivity contribution in [3.63, 3.8) is 0 Å². The third-order valence-corrected chi connectivity index (χ3v) is 10.9. The van der Waals surface area contributed by atoms with Crippen LogP contribution in [0.1, 0.15) is 100 Å². The number of likely N-dealkylation sites (N-methyl/N-ethyl adjacent to an activating group) is 1. The van der Waals surface area contributed by atoms with Gasteiger partial charge in [-0.15, -0.1) is 0 Å². The zero-order valence-corrected chi connectivity index (χ0v) is 24.8. The van der Waals surface area contributed by atoms with Gasteiger partial charge in [-0.3, -0.25) is 4.90 Å². The van der Waals surface area contributed by atoms with E-state index in [0.29, 0.717) is 30.3 Å². The molecule has 1 aliphatic heterocycles. The summed E-state index contributed by atoms with van der Waals surface area (Å²) in [6, 6.07) is 8.62. The summed E-state index contributed by atoms with van der Waals surface area (Å²) in [5.74, 6) is 4.03. The number of likely N-dealkylation sites (tertiary alicyclic amines) is 1. The largest absolute Gasteiger partial charge is 0.339 e. The number of urea groups is 1. The minimum absolute atomic E-state index is 0.00174. The first kappa shape index (κ1) is 26.4. The van der Waals surface area contributed by atoms with Gasteiger partial charge >= 0.3 is 6.03 Å². The number of anilines is 1. The van der Waals surface area contributed by atoms with E-state index in [1.54, 1.807) is 0 Å². The van der Waals surface area contributed by atoms with Crippen LogP contribution in [0, 0.1) is 5.41 Å². The summed E-state index contributed by atoms with van der Waals surface area (Å²) in [5, 5.41) is 8.56. The average molecular weight is 572 g/mol. The third-order valence-electron chi connectivity index (χ3n) is 10.9. The maximum Gasteiger partial charge on any atom is 0.324 e. The van der Waals surface area contributed by atoms with Crippen LogP contribution < -0.4 is 4.90 Å². The second-order valence-corrected chi connectivity index (χ2v) is 14.0. The normalized spacial score (nSPS) is 29.0. The summed E-state index contributed by atoms with van der Waals surface area (Å²) in [5.41, 5.74) is 1.85. The maximum absolute atomic E-state index is 14.3. The van der Waals surface area contributed by atoms with E-state index in [1.165, 1.54) is 12.8 Å². The van der Waals surface area contributed by atoms with Crippen molar-refractivity contribution in [2.24, 2.45) is 5.41 Å². The van der Waals surface area contributed by atoms with Gasteiger partial charge in [0.25, 0.3) is 5.89 Å². The van der Waals surface area contributed by atoms with Gasteiger partial charge in [-0.25, -0.2) is 4.79 Å². The van der Waals surface area contributed by atoms with Crippen LogP contribution in [0.4, 0.5) is 10.5 Å². The molecule has 222 valence electrons. The number of rotatable bonds is 8. The molecule has 1 saturated heterocycles. The Hall–Kier alpha value is -3.27. The molecule has 9 rings (SSSR count). The van der Waals surface area contributed by atoms with Crippen molar-refractivity contribution >= 4 is 11.7 Å². The van der Waals surface area contributed by atoms with Crippen molar-refractivity contribution < 1.29 is 13.8 Å². The zero-order chi connectivity index (χ0) is 28.5. The number of carbonyl (C=O) groups is 1. The van der Waals surface area contributed by atoms with Crippen LogP contribution in [0.5, 0.6) is 0 Å². The highest BCUT2D eigenvalue weighted by Crippen LogP contribution is 2.58. The minimum Gasteiger partial charge on any atom is -0.339 e. The Kier molecular flexibility index (Phi) is 6.21. The molecule has 6 fully saturated rings. The van der Waals surface area contributed by atoms with E-state index >= 15 is 0 Å². The first-order valence-corrected chi connectivity index (χ1v) is 15.9. The molecule has 0 N–H and O–H groups in total. The standard InChI is InChI=1S/C32H41N7O3/c1-37(2)25-10-17-38(19-25)30(40)39(24-5-3-4-23(18-24)28-33-26(35-41-28)21-6-7-21)20-31-11-14-32(15-12-31,16-13-31)29-34-27(36-42-29)22-8-9-22/h3-5,18,21-22,25H,6-17,19-20H2,1-2H3.